The van der Waals surface area contributed by atoms with Gasteiger partial charge in [-0.1, -0.05) is 0 Å². The Balaban J connectivity index is 3.92. The summed E-state index contributed by atoms with van der Waals surface area (Å²) in [5.41, 5.74) is 0. The van der Waals surface area contributed by atoms with Gasteiger partial charge in [-0.15, -0.1) is 0 Å². The minimum absolute atomic E-state index is 1.13. The molecule has 0 saturated heterocycles. The molecular formula is C4H11NO4Si. The highest BCUT2D eigenvalue weighted by Crippen LogP contribution is 1.97. The molecule has 0 rings (SSSR count). The molecule has 2 N–H and O–H groups in total. The molecule has 6 heteroatoms. The molecule has 0 bridgehead atoms. The summed E-state index contributed by atoms with van der Waals surface area (Å²) in [5, 5.41) is 8.27. The first-order valence-electron chi connectivity index (χ1n) is 2.65. The quantitative estimate of drug-likeness (QED) is 0.583. The van der Waals surface area contributed by atoms with Crippen molar-refractivity contribution in [2.45, 2.75) is 6.55 Å². The smallest absolute Gasteiger partial charge is 0.458 e. The Kier molecular flexibility index (Phi) is 3.33. The van der Waals surface area contributed by atoms with Crippen molar-refractivity contribution in [3.05, 3.63) is 0 Å². The average molecular weight is 165 g/mol. The van der Waals surface area contributed by atoms with Gasteiger partial charge >= 0.3 is 14.8 Å². The maximum Gasteiger partial charge on any atom is 0.458 e. The van der Waals surface area contributed by atoms with E-state index in [0.717, 1.165) is 0 Å². The molecule has 0 fully saturated rings. The third-order valence-corrected chi connectivity index (χ3v) is 3.34. The summed E-state index contributed by atoms with van der Waals surface area (Å²) in [6, 6.07) is 0. The first kappa shape index (κ1) is 9.41. The van der Waals surface area contributed by atoms with Crippen LogP contribution in [0.5, 0.6) is 0 Å². The van der Waals surface area contributed by atoms with E-state index in [1.807, 2.05) is 0 Å². The van der Waals surface area contributed by atoms with E-state index in [-0.39, 0.29) is 0 Å². The minimum atomic E-state index is -2.61. The minimum Gasteiger partial charge on any atom is -0.466 e. The second-order valence-corrected chi connectivity index (χ2v) is 4.74. The van der Waals surface area contributed by atoms with E-state index in [2.05, 4.69) is 4.98 Å². The summed E-state index contributed by atoms with van der Waals surface area (Å²) in [4.78, 5) is 12.3. The van der Waals surface area contributed by atoms with Gasteiger partial charge in [-0.2, -0.15) is 0 Å². The van der Waals surface area contributed by atoms with E-state index in [1.165, 1.54) is 14.2 Å². The number of carboxylic acid groups (broad SMARTS) is 1. The first-order valence-corrected chi connectivity index (χ1v) is 4.97. The zero-order chi connectivity index (χ0) is 8.20. The molecule has 0 unspecified atom stereocenters. The molecule has 0 atom stereocenters. The first-order chi connectivity index (χ1) is 4.54. The van der Waals surface area contributed by atoms with Crippen LogP contribution in [0, 0.1) is 0 Å². The summed E-state index contributed by atoms with van der Waals surface area (Å²) in [5.74, 6) is 0. The molecule has 0 aliphatic carbocycles. The lowest BCUT2D eigenvalue weighted by atomic mass is 11.3. The number of amides is 1. The van der Waals surface area contributed by atoms with Crippen LogP contribution in [0.4, 0.5) is 4.79 Å². The summed E-state index contributed by atoms with van der Waals surface area (Å²) in [6.07, 6.45) is -1.13. The normalized spacial score (nSPS) is 11.1. The Hall–Kier alpha value is -0.593. The standard InChI is InChI=1S/C4H11NO4Si/c1-8-10(3,9-2)5-4(6)7/h5H,1-3H3,(H,6,7). The third kappa shape index (κ3) is 2.81. The van der Waals surface area contributed by atoms with E-state index in [1.54, 1.807) is 6.55 Å². The zero-order valence-corrected chi connectivity index (χ0v) is 7.17. The van der Waals surface area contributed by atoms with Crippen LogP contribution in [0.2, 0.25) is 6.55 Å². The van der Waals surface area contributed by atoms with Crippen LogP contribution in [0.25, 0.3) is 0 Å². The predicted molar refractivity (Wildman–Crippen MR) is 36.8 cm³/mol. The predicted octanol–water partition coefficient (Wildman–Crippen LogP) is 0.116. The molecule has 0 aliphatic heterocycles. The molecule has 0 aromatic carbocycles. The van der Waals surface area contributed by atoms with E-state index in [4.69, 9.17) is 14.0 Å². The van der Waals surface area contributed by atoms with Crippen molar-refractivity contribution in [1.82, 2.24) is 4.98 Å². The molecule has 1 amide bonds. The van der Waals surface area contributed by atoms with Gasteiger partial charge < -0.3 is 18.9 Å². The topological polar surface area (TPSA) is 67.8 Å². The van der Waals surface area contributed by atoms with Gasteiger partial charge in [0.2, 0.25) is 0 Å². The molecule has 10 heavy (non-hydrogen) atoms. The van der Waals surface area contributed by atoms with E-state index >= 15 is 0 Å². The van der Waals surface area contributed by atoms with Crippen molar-refractivity contribution in [2.24, 2.45) is 0 Å². The Morgan fingerprint density at radius 2 is 1.90 bits per heavy atom. The summed E-state index contributed by atoms with van der Waals surface area (Å²) < 4.78 is 9.64. The number of rotatable bonds is 3. The highest BCUT2D eigenvalue weighted by Gasteiger charge is 2.31. The fourth-order valence-electron chi connectivity index (χ4n) is 0.380. The van der Waals surface area contributed by atoms with Crippen LogP contribution in [-0.2, 0) is 8.85 Å². The van der Waals surface area contributed by atoms with Gasteiger partial charge in [0.25, 0.3) is 0 Å². The summed E-state index contributed by atoms with van der Waals surface area (Å²) >= 11 is 0. The van der Waals surface area contributed by atoms with Crippen LogP contribution in [0.15, 0.2) is 0 Å². The van der Waals surface area contributed by atoms with Gasteiger partial charge in [-0.25, -0.2) is 4.79 Å². The van der Waals surface area contributed by atoms with E-state index in [0.29, 0.717) is 0 Å². The number of carbonyl (C=O) groups is 1. The SMILES string of the molecule is CO[Si](C)(NC(=O)O)OC. The van der Waals surface area contributed by atoms with Crippen LogP contribution in [-0.4, -0.2) is 34.1 Å². The monoisotopic (exact) mass is 165 g/mol. The lowest BCUT2D eigenvalue weighted by molar-refractivity contribution is 0.185. The Bertz CT molecular complexity index is 124. The van der Waals surface area contributed by atoms with Crippen molar-refractivity contribution in [3.63, 3.8) is 0 Å². The van der Waals surface area contributed by atoms with Crippen LogP contribution in [0.1, 0.15) is 0 Å². The molecule has 60 valence electrons. The van der Waals surface area contributed by atoms with Crippen LogP contribution in [0.3, 0.4) is 0 Å². The molecule has 0 aromatic rings. The number of hydrogen-bond donors (Lipinski definition) is 2. The third-order valence-electron chi connectivity index (χ3n) is 1.11. The second kappa shape index (κ2) is 3.54. The van der Waals surface area contributed by atoms with Gasteiger partial charge in [0.1, 0.15) is 0 Å². The highest BCUT2D eigenvalue weighted by atomic mass is 28.4. The van der Waals surface area contributed by atoms with Crippen LogP contribution < -0.4 is 4.98 Å². The zero-order valence-electron chi connectivity index (χ0n) is 6.17. The van der Waals surface area contributed by atoms with Gasteiger partial charge in [0, 0.05) is 14.2 Å². The maximum absolute atomic E-state index is 10.1. The molecule has 0 aromatic heterocycles. The summed E-state index contributed by atoms with van der Waals surface area (Å²) in [7, 11) is 0.207. The van der Waals surface area contributed by atoms with Crippen molar-refractivity contribution >= 4 is 14.8 Å². The van der Waals surface area contributed by atoms with Gasteiger partial charge in [-0.05, 0) is 6.55 Å². The van der Waals surface area contributed by atoms with E-state index < -0.39 is 14.8 Å². The van der Waals surface area contributed by atoms with Gasteiger partial charge in [-0.3, -0.25) is 0 Å². The molecule has 5 nitrogen and oxygen atoms in total. The average Bonchev–Trinajstić information content (AvgIpc) is 1.87. The molecular weight excluding hydrogens is 154 g/mol. The second-order valence-electron chi connectivity index (χ2n) is 1.78. The van der Waals surface area contributed by atoms with E-state index in [9.17, 15) is 4.79 Å². The number of nitrogens with one attached hydrogen (secondary N) is 1. The number of hydrogen-bond acceptors (Lipinski definition) is 3. The van der Waals surface area contributed by atoms with Crippen molar-refractivity contribution < 1.29 is 18.8 Å². The fourth-order valence-corrected chi connectivity index (χ4v) is 1.14. The molecule has 0 spiro atoms. The van der Waals surface area contributed by atoms with Crippen molar-refractivity contribution in [1.29, 1.82) is 0 Å². The van der Waals surface area contributed by atoms with Crippen LogP contribution >= 0.6 is 0 Å². The molecule has 0 heterocycles. The Morgan fingerprint density at radius 3 is 2.00 bits per heavy atom. The molecule has 0 aliphatic rings. The molecule has 0 radical (unpaired) electrons. The van der Waals surface area contributed by atoms with Crippen molar-refractivity contribution in [2.75, 3.05) is 14.2 Å². The largest absolute Gasteiger partial charge is 0.466 e. The highest BCUT2D eigenvalue weighted by molar-refractivity contribution is 6.65. The van der Waals surface area contributed by atoms with Gasteiger partial charge in [0.05, 0.1) is 0 Å². The lowest BCUT2D eigenvalue weighted by Gasteiger charge is -2.20. The maximum atomic E-state index is 10.1. The van der Waals surface area contributed by atoms with Gasteiger partial charge in [0.15, 0.2) is 0 Å². The Morgan fingerprint density at radius 1 is 1.50 bits per heavy atom. The molecule has 0 saturated carbocycles. The Labute approximate surface area is 60.3 Å². The van der Waals surface area contributed by atoms with Crippen molar-refractivity contribution in [3.8, 4) is 0 Å². The lowest BCUT2D eigenvalue weighted by Crippen LogP contribution is -2.54. The summed E-state index contributed by atoms with van der Waals surface area (Å²) in [6.45, 7) is 1.60. The fraction of sp³-hybridized carbons (Fsp3) is 0.750.